The van der Waals surface area contributed by atoms with E-state index in [1.54, 1.807) is 0 Å². The van der Waals surface area contributed by atoms with Gasteiger partial charge in [0.15, 0.2) is 6.61 Å². The number of anilines is 1. The summed E-state index contributed by atoms with van der Waals surface area (Å²) in [6.45, 7) is 4.05. The van der Waals surface area contributed by atoms with Crippen LogP contribution >= 0.6 is 11.6 Å². The number of nitrogens with zero attached hydrogens (tertiary/aromatic N) is 1. The number of hydrogen-bond donors (Lipinski definition) is 1. The average molecular weight is 363 g/mol. The molecule has 6 nitrogen and oxygen atoms in total. The van der Waals surface area contributed by atoms with Crippen molar-refractivity contribution in [3.8, 4) is 5.75 Å². The van der Waals surface area contributed by atoms with Gasteiger partial charge in [0.05, 0.1) is 15.6 Å². The molecule has 1 N–H and O–H groups in total. The number of carbonyl (C=O) groups is 1. The summed E-state index contributed by atoms with van der Waals surface area (Å²) in [5.41, 5.74) is 1.24. The molecular formula is C18H19ClN2O4. The zero-order valence-corrected chi connectivity index (χ0v) is 14.7. The van der Waals surface area contributed by atoms with Crippen molar-refractivity contribution >= 4 is 28.9 Å². The number of amides is 1. The largest absolute Gasteiger partial charge is 0.484 e. The molecule has 0 aliphatic rings. The lowest BCUT2D eigenvalue weighted by Crippen LogP contribution is -2.20. The number of nitrogens with one attached hydrogen (secondary N) is 1. The minimum atomic E-state index is -0.554. The smallest absolute Gasteiger partial charge is 0.271 e. The van der Waals surface area contributed by atoms with Gasteiger partial charge >= 0.3 is 0 Å². The predicted octanol–water partition coefficient (Wildman–Crippen LogP) is 4.78. The Morgan fingerprint density at radius 2 is 1.96 bits per heavy atom. The molecule has 0 aromatic heterocycles. The van der Waals surface area contributed by atoms with Gasteiger partial charge in [-0.15, -0.1) is 0 Å². The third-order valence-electron chi connectivity index (χ3n) is 3.87. The van der Waals surface area contributed by atoms with Crippen molar-refractivity contribution < 1.29 is 14.5 Å². The van der Waals surface area contributed by atoms with E-state index in [1.165, 1.54) is 23.8 Å². The van der Waals surface area contributed by atoms with E-state index < -0.39 is 10.8 Å². The maximum absolute atomic E-state index is 12.0. The van der Waals surface area contributed by atoms with Crippen LogP contribution in [0, 0.1) is 10.1 Å². The van der Waals surface area contributed by atoms with Gasteiger partial charge in [0.25, 0.3) is 11.6 Å². The van der Waals surface area contributed by atoms with Crippen molar-refractivity contribution in [2.45, 2.75) is 26.2 Å². The molecular weight excluding hydrogens is 344 g/mol. The van der Waals surface area contributed by atoms with Crippen LogP contribution in [0.3, 0.4) is 0 Å². The number of non-ortho nitro benzene ring substituents is 1. The minimum Gasteiger partial charge on any atom is -0.484 e. The number of ether oxygens (including phenoxy) is 1. The Morgan fingerprint density at radius 3 is 2.56 bits per heavy atom. The van der Waals surface area contributed by atoms with Crippen LogP contribution in [0.15, 0.2) is 42.5 Å². The monoisotopic (exact) mass is 362 g/mol. The second kappa shape index (κ2) is 8.48. The number of halogens is 1. The first-order chi connectivity index (χ1) is 11.9. The van der Waals surface area contributed by atoms with Crippen LogP contribution in [0.1, 0.15) is 31.7 Å². The van der Waals surface area contributed by atoms with E-state index in [4.69, 9.17) is 16.3 Å². The highest BCUT2D eigenvalue weighted by Gasteiger charge is 2.12. The number of rotatable bonds is 7. The van der Waals surface area contributed by atoms with Crippen molar-refractivity contribution in [1.29, 1.82) is 0 Å². The molecule has 25 heavy (non-hydrogen) atoms. The van der Waals surface area contributed by atoms with Crippen LogP contribution in [0.25, 0.3) is 0 Å². The van der Waals surface area contributed by atoms with Crippen LogP contribution in [-0.2, 0) is 4.79 Å². The van der Waals surface area contributed by atoms with Crippen molar-refractivity contribution in [3.05, 3.63) is 63.2 Å². The molecule has 0 bridgehead atoms. The Morgan fingerprint density at radius 1 is 1.28 bits per heavy atom. The number of nitro benzene ring substituents is 1. The Labute approximate surface area is 150 Å². The fourth-order valence-electron chi connectivity index (χ4n) is 2.19. The first kappa shape index (κ1) is 18.7. The SMILES string of the molecule is CCC(C)c1ccc(OCC(=O)Nc2cc([N+](=O)[O-])ccc2Cl)cc1. The van der Waals surface area contributed by atoms with Gasteiger partial charge in [-0.3, -0.25) is 14.9 Å². The van der Waals surface area contributed by atoms with Crippen LogP contribution in [-0.4, -0.2) is 17.4 Å². The number of nitro groups is 1. The van der Waals surface area contributed by atoms with E-state index in [-0.39, 0.29) is 23.0 Å². The number of benzene rings is 2. The van der Waals surface area contributed by atoms with Gasteiger partial charge in [-0.05, 0) is 36.1 Å². The number of carbonyl (C=O) groups excluding carboxylic acids is 1. The number of hydrogen-bond acceptors (Lipinski definition) is 4. The maximum atomic E-state index is 12.0. The Hall–Kier alpha value is -2.60. The maximum Gasteiger partial charge on any atom is 0.271 e. The normalized spacial score (nSPS) is 11.6. The van der Waals surface area contributed by atoms with Crippen LogP contribution in [0.4, 0.5) is 11.4 Å². The standard InChI is InChI=1S/C18H19ClN2O4/c1-3-12(2)13-4-7-15(8-5-13)25-11-18(22)20-17-10-14(21(23)24)6-9-16(17)19/h4-10,12H,3,11H2,1-2H3,(H,20,22). The van der Waals surface area contributed by atoms with Crippen LogP contribution < -0.4 is 10.1 Å². The molecule has 2 rings (SSSR count). The summed E-state index contributed by atoms with van der Waals surface area (Å²) in [4.78, 5) is 22.2. The minimum absolute atomic E-state index is 0.152. The molecule has 7 heteroatoms. The Balaban J connectivity index is 1.95. The fraction of sp³-hybridized carbons (Fsp3) is 0.278. The zero-order valence-electron chi connectivity index (χ0n) is 14.0. The molecule has 2 aromatic rings. The van der Waals surface area contributed by atoms with Crippen molar-refractivity contribution in [2.75, 3.05) is 11.9 Å². The molecule has 2 aromatic carbocycles. The van der Waals surface area contributed by atoms with Gasteiger partial charge in [-0.25, -0.2) is 0 Å². The summed E-state index contributed by atoms with van der Waals surface area (Å²) >= 11 is 5.94. The van der Waals surface area contributed by atoms with Crippen LogP contribution in [0.5, 0.6) is 5.75 Å². The summed E-state index contributed by atoms with van der Waals surface area (Å²) in [7, 11) is 0. The molecule has 0 spiro atoms. The molecule has 1 atom stereocenters. The summed E-state index contributed by atoms with van der Waals surface area (Å²) in [6, 6.07) is 11.4. The van der Waals surface area contributed by atoms with Gasteiger partial charge in [0.1, 0.15) is 5.75 Å². The van der Waals surface area contributed by atoms with Gasteiger partial charge in [0.2, 0.25) is 0 Å². The third kappa shape index (κ3) is 5.19. The molecule has 1 unspecified atom stereocenters. The molecule has 0 aliphatic carbocycles. The summed E-state index contributed by atoms with van der Waals surface area (Å²) < 4.78 is 5.44. The topological polar surface area (TPSA) is 81.5 Å². The van der Waals surface area contributed by atoms with E-state index in [9.17, 15) is 14.9 Å². The van der Waals surface area contributed by atoms with Gasteiger partial charge in [0, 0.05) is 12.1 Å². The first-order valence-corrected chi connectivity index (χ1v) is 8.25. The lowest BCUT2D eigenvalue weighted by atomic mass is 9.99. The average Bonchev–Trinajstić information content (AvgIpc) is 2.61. The van der Waals surface area contributed by atoms with E-state index in [1.807, 2.05) is 24.3 Å². The Kier molecular flexibility index (Phi) is 6.36. The summed E-state index contributed by atoms with van der Waals surface area (Å²) in [5.74, 6) is 0.592. The summed E-state index contributed by atoms with van der Waals surface area (Å²) in [5, 5.41) is 13.5. The highest BCUT2D eigenvalue weighted by Crippen LogP contribution is 2.26. The van der Waals surface area contributed by atoms with Crippen molar-refractivity contribution in [2.24, 2.45) is 0 Å². The molecule has 132 valence electrons. The molecule has 0 fully saturated rings. The third-order valence-corrected chi connectivity index (χ3v) is 4.20. The Bertz CT molecular complexity index is 762. The summed E-state index contributed by atoms with van der Waals surface area (Å²) in [6.07, 6.45) is 1.05. The second-order valence-electron chi connectivity index (χ2n) is 5.64. The van der Waals surface area contributed by atoms with Gasteiger partial charge in [-0.1, -0.05) is 37.6 Å². The fourth-order valence-corrected chi connectivity index (χ4v) is 2.35. The molecule has 0 heterocycles. The van der Waals surface area contributed by atoms with E-state index in [2.05, 4.69) is 19.2 Å². The quantitative estimate of drug-likeness (QED) is 0.567. The van der Waals surface area contributed by atoms with Crippen molar-refractivity contribution in [3.63, 3.8) is 0 Å². The molecule has 1 amide bonds. The molecule has 0 saturated carbocycles. The highest BCUT2D eigenvalue weighted by molar-refractivity contribution is 6.33. The highest BCUT2D eigenvalue weighted by atomic mass is 35.5. The molecule has 0 aliphatic heterocycles. The zero-order chi connectivity index (χ0) is 18.4. The molecule has 0 radical (unpaired) electrons. The predicted molar refractivity (Wildman–Crippen MR) is 97.4 cm³/mol. The van der Waals surface area contributed by atoms with E-state index >= 15 is 0 Å². The van der Waals surface area contributed by atoms with Gasteiger partial charge < -0.3 is 10.1 Å². The van der Waals surface area contributed by atoms with Crippen LogP contribution in [0.2, 0.25) is 5.02 Å². The van der Waals surface area contributed by atoms with Gasteiger partial charge in [-0.2, -0.15) is 0 Å². The lowest BCUT2D eigenvalue weighted by Gasteiger charge is -2.11. The lowest BCUT2D eigenvalue weighted by molar-refractivity contribution is -0.384. The van der Waals surface area contributed by atoms with E-state index in [0.717, 1.165) is 6.42 Å². The second-order valence-corrected chi connectivity index (χ2v) is 6.04. The van der Waals surface area contributed by atoms with E-state index in [0.29, 0.717) is 11.7 Å². The van der Waals surface area contributed by atoms with Crippen molar-refractivity contribution in [1.82, 2.24) is 0 Å². The molecule has 0 saturated heterocycles. The first-order valence-electron chi connectivity index (χ1n) is 7.87.